The molecule has 2 unspecified atom stereocenters. The molecule has 5 nitrogen and oxygen atoms in total. The van der Waals surface area contributed by atoms with Gasteiger partial charge in [-0.15, -0.1) is 11.8 Å². The van der Waals surface area contributed by atoms with Crippen molar-refractivity contribution in [3.8, 4) is 0 Å². The van der Waals surface area contributed by atoms with Crippen molar-refractivity contribution < 1.29 is 9.59 Å². The lowest BCUT2D eigenvalue weighted by molar-refractivity contribution is -0.141. The van der Waals surface area contributed by atoms with Crippen LogP contribution in [0.5, 0.6) is 0 Å². The lowest BCUT2D eigenvalue weighted by atomic mass is 9.84. The first-order chi connectivity index (χ1) is 11.7. The van der Waals surface area contributed by atoms with E-state index >= 15 is 0 Å². The summed E-state index contributed by atoms with van der Waals surface area (Å²) in [4.78, 5) is 27.4. The highest BCUT2D eigenvalue weighted by Crippen LogP contribution is 2.31. The van der Waals surface area contributed by atoms with Gasteiger partial charge < -0.3 is 16.0 Å². The van der Waals surface area contributed by atoms with Crippen LogP contribution in [-0.2, 0) is 9.59 Å². The highest BCUT2D eigenvalue weighted by Gasteiger charge is 2.39. The summed E-state index contributed by atoms with van der Waals surface area (Å²) in [5, 5.41) is 3.18. The molecule has 1 heterocycles. The Morgan fingerprint density at radius 1 is 1.08 bits per heavy atom. The Morgan fingerprint density at radius 3 is 2.42 bits per heavy atom. The van der Waals surface area contributed by atoms with Gasteiger partial charge in [0.25, 0.3) is 0 Å². The highest BCUT2D eigenvalue weighted by molar-refractivity contribution is 7.99. The largest absolute Gasteiger partial charge is 0.350 e. The van der Waals surface area contributed by atoms with Crippen molar-refractivity contribution in [3.05, 3.63) is 0 Å². The molecule has 0 spiro atoms. The van der Waals surface area contributed by atoms with Crippen LogP contribution >= 0.6 is 11.8 Å². The molecule has 2 atom stereocenters. The van der Waals surface area contributed by atoms with Gasteiger partial charge in [0, 0.05) is 24.3 Å². The monoisotopic (exact) mass is 353 g/mol. The molecular formula is C18H31N3O2S. The minimum Gasteiger partial charge on any atom is -0.350 e. The molecule has 2 amide bonds. The van der Waals surface area contributed by atoms with Gasteiger partial charge in [-0.05, 0) is 31.6 Å². The molecule has 24 heavy (non-hydrogen) atoms. The molecule has 1 saturated heterocycles. The quantitative estimate of drug-likeness (QED) is 0.794. The predicted octanol–water partition coefficient (Wildman–Crippen LogP) is 2.10. The van der Waals surface area contributed by atoms with Gasteiger partial charge in [-0.1, -0.05) is 32.1 Å². The maximum atomic E-state index is 12.8. The zero-order chi connectivity index (χ0) is 16.9. The third-order valence-electron chi connectivity index (χ3n) is 5.97. The van der Waals surface area contributed by atoms with Gasteiger partial charge in [0.1, 0.15) is 6.04 Å². The zero-order valence-corrected chi connectivity index (χ0v) is 15.4. The molecule has 2 aliphatic carbocycles. The Balaban J connectivity index is 1.58. The minimum absolute atomic E-state index is 0.00682. The SMILES string of the molecule is NCC(NC(=O)C1CSCN1C(=O)C1CCCC1)C1CCCCC1. The van der Waals surface area contributed by atoms with E-state index in [4.69, 9.17) is 5.73 Å². The third-order valence-corrected chi connectivity index (χ3v) is 6.99. The second kappa shape index (κ2) is 8.56. The summed E-state index contributed by atoms with van der Waals surface area (Å²) in [5.41, 5.74) is 5.94. The second-order valence-corrected chi connectivity index (χ2v) is 8.55. The van der Waals surface area contributed by atoms with Crippen LogP contribution in [0.2, 0.25) is 0 Å². The van der Waals surface area contributed by atoms with Crippen LogP contribution in [0.3, 0.4) is 0 Å². The Labute approximate surface area is 149 Å². The molecule has 6 heteroatoms. The van der Waals surface area contributed by atoms with Crippen molar-refractivity contribution >= 4 is 23.6 Å². The van der Waals surface area contributed by atoms with Crippen molar-refractivity contribution in [1.82, 2.24) is 10.2 Å². The Morgan fingerprint density at radius 2 is 1.75 bits per heavy atom. The fourth-order valence-corrected chi connectivity index (χ4v) is 5.63. The van der Waals surface area contributed by atoms with Gasteiger partial charge in [-0.25, -0.2) is 0 Å². The molecule has 0 bridgehead atoms. The van der Waals surface area contributed by atoms with E-state index in [0.717, 1.165) is 38.5 Å². The average Bonchev–Trinajstić information content (AvgIpc) is 3.31. The van der Waals surface area contributed by atoms with Gasteiger partial charge in [-0.2, -0.15) is 0 Å². The Bertz CT molecular complexity index is 448. The number of nitrogens with zero attached hydrogens (tertiary/aromatic N) is 1. The van der Waals surface area contributed by atoms with Gasteiger partial charge in [0.05, 0.1) is 5.88 Å². The van der Waals surface area contributed by atoms with E-state index in [0.29, 0.717) is 24.1 Å². The second-order valence-electron chi connectivity index (χ2n) is 7.55. The minimum atomic E-state index is -0.305. The molecule has 2 saturated carbocycles. The van der Waals surface area contributed by atoms with Gasteiger partial charge >= 0.3 is 0 Å². The molecule has 3 rings (SSSR count). The van der Waals surface area contributed by atoms with Crippen LogP contribution in [0.25, 0.3) is 0 Å². The Kier molecular flexibility index (Phi) is 6.44. The van der Waals surface area contributed by atoms with Crippen LogP contribution in [0.4, 0.5) is 0 Å². The molecule has 3 aliphatic rings. The molecule has 3 N–H and O–H groups in total. The number of amides is 2. The van der Waals surface area contributed by atoms with Crippen LogP contribution in [0.1, 0.15) is 57.8 Å². The summed E-state index contributed by atoms with van der Waals surface area (Å²) in [7, 11) is 0. The van der Waals surface area contributed by atoms with Crippen molar-refractivity contribution in [2.24, 2.45) is 17.6 Å². The predicted molar refractivity (Wildman–Crippen MR) is 97.5 cm³/mol. The average molecular weight is 354 g/mol. The van der Waals surface area contributed by atoms with Crippen LogP contribution in [0, 0.1) is 11.8 Å². The summed E-state index contributed by atoms with van der Waals surface area (Å²) in [5.74, 6) is 2.21. The van der Waals surface area contributed by atoms with Crippen LogP contribution in [0.15, 0.2) is 0 Å². The molecular weight excluding hydrogens is 322 g/mol. The number of hydrogen-bond donors (Lipinski definition) is 2. The first-order valence-electron chi connectivity index (χ1n) is 9.59. The first-order valence-corrected chi connectivity index (χ1v) is 10.7. The topological polar surface area (TPSA) is 75.4 Å². The van der Waals surface area contributed by atoms with E-state index in [1.165, 1.54) is 19.3 Å². The zero-order valence-electron chi connectivity index (χ0n) is 14.5. The van der Waals surface area contributed by atoms with Crippen molar-refractivity contribution in [2.45, 2.75) is 69.9 Å². The van der Waals surface area contributed by atoms with Crippen molar-refractivity contribution in [1.29, 1.82) is 0 Å². The van der Waals surface area contributed by atoms with E-state index in [1.807, 2.05) is 4.90 Å². The summed E-state index contributed by atoms with van der Waals surface area (Å²) >= 11 is 1.69. The number of nitrogens with two attached hydrogens (primary N) is 1. The van der Waals surface area contributed by atoms with Gasteiger partial charge in [-0.3, -0.25) is 9.59 Å². The summed E-state index contributed by atoms with van der Waals surface area (Å²) in [6, 6.07) is -0.243. The third kappa shape index (κ3) is 4.07. The molecule has 0 aromatic carbocycles. The van der Waals surface area contributed by atoms with Crippen molar-refractivity contribution in [2.75, 3.05) is 18.2 Å². The van der Waals surface area contributed by atoms with Gasteiger partial charge in [0.2, 0.25) is 11.8 Å². The molecule has 3 fully saturated rings. The maximum absolute atomic E-state index is 12.8. The van der Waals surface area contributed by atoms with Crippen LogP contribution in [-0.4, -0.2) is 47.0 Å². The molecule has 0 aromatic rings. The van der Waals surface area contributed by atoms with E-state index in [1.54, 1.807) is 11.8 Å². The van der Waals surface area contributed by atoms with Crippen molar-refractivity contribution in [3.63, 3.8) is 0 Å². The van der Waals surface area contributed by atoms with Crippen LogP contribution < -0.4 is 11.1 Å². The number of nitrogens with one attached hydrogen (secondary N) is 1. The van der Waals surface area contributed by atoms with E-state index in [2.05, 4.69) is 5.32 Å². The number of carbonyl (C=O) groups excluding carboxylic acids is 2. The smallest absolute Gasteiger partial charge is 0.243 e. The summed E-state index contributed by atoms with van der Waals surface area (Å²) in [6.07, 6.45) is 10.4. The molecule has 0 radical (unpaired) electrons. The molecule has 136 valence electrons. The number of thioether (sulfide) groups is 1. The maximum Gasteiger partial charge on any atom is 0.243 e. The number of hydrogen-bond acceptors (Lipinski definition) is 4. The van der Waals surface area contributed by atoms with E-state index < -0.39 is 0 Å². The lowest BCUT2D eigenvalue weighted by Crippen LogP contribution is -2.54. The summed E-state index contributed by atoms with van der Waals surface area (Å²) in [6.45, 7) is 0.493. The van der Waals surface area contributed by atoms with Gasteiger partial charge in [0.15, 0.2) is 0 Å². The highest BCUT2D eigenvalue weighted by atomic mass is 32.2. The number of carbonyl (C=O) groups is 2. The normalized spacial score (nSPS) is 27.4. The fourth-order valence-electron chi connectivity index (χ4n) is 4.47. The summed E-state index contributed by atoms with van der Waals surface area (Å²) < 4.78 is 0. The standard InChI is InChI=1S/C18H31N3O2S/c19-10-15(13-6-2-1-3-7-13)20-17(22)16-11-24-12-21(16)18(23)14-8-4-5-9-14/h13-16H,1-12,19H2,(H,20,22). The lowest BCUT2D eigenvalue weighted by Gasteiger charge is -2.32. The Hall–Kier alpha value is -0.750. The fraction of sp³-hybridized carbons (Fsp3) is 0.889. The van der Waals surface area contributed by atoms with E-state index in [-0.39, 0.29) is 29.8 Å². The molecule has 1 aliphatic heterocycles. The van der Waals surface area contributed by atoms with E-state index in [9.17, 15) is 9.59 Å². The number of rotatable bonds is 5. The first kappa shape index (κ1) is 18.1. The molecule has 0 aromatic heterocycles.